The summed E-state index contributed by atoms with van der Waals surface area (Å²) in [4.78, 5) is 12.3. The van der Waals surface area contributed by atoms with E-state index in [2.05, 4.69) is 5.10 Å². The minimum Gasteiger partial charge on any atom is -0.322 e. The van der Waals surface area contributed by atoms with E-state index >= 15 is 0 Å². The molecular weight excluding hydrogens is 250 g/mol. The second kappa shape index (κ2) is 5.27. The van der Waals surface area contributed by atoms with Crippen LogP contribution in [0.2, 0.25) is 0 Å². The molecule has 100 valence electrons. The third-order valence-electron chi connectivity index (χ3n) is 3.36. The minimum absolute atomic E-state index is 0.102. The summed E-state index contributed by atoms with van der Waals surface area (Å²) in [6, 6.07) is 16.9. The molecule has 1 aromatic heterocycles. The number of nitrogens with two attached hydrogens (primary N) is 1. The van der Waals surface area contributed by atoms with Crippen LogP contribution in [0.4, 0.5) is 0 Å². The first-order valence-electron chi connectivity index (χ1n) is 6.51. The molecule has 4 heteroatoms. The average Bonchev–Trinajstić information content (AvgIpc) is 2.51. The van der Waals surface area contributed by atoms with Crippen LogP contribution in [0, 0.1) is 0 Å². The Labute approximate surface area is 116 Å². The monoisotopic (exact) mass is 265 g/mol. The quantitative estimate of drug-likeness (QED) is 0.789. The summed E-state index contributed by atoms with van der Waals surface area (Å²) in [5.74, 6) is 0. The molecule has 20 heavy (non-hydrogen) atoms. The fourth-order valence-electron chi connectivity index (χ4n) is 2.25. The van der Waals surface area contributed by atoms with Gasteiger partial charge in [0.15, 0.2) is 0 Å². The van der Waals surface area contributed by atoms with Crippen LogP contribution in [0.25, 0.3) is 10.8 Å². The van der Waals surface area contributed by atoms with Crippen LogP contribution in [-0.2, 0) is 6.54 Å². The van der Waals surface area contributed by atoms with Gasteiger partial charge in [-0.25, -0.2) is 4.68 Å². The first-order chi connectivity index (χ1) is 9.75. The van der Waals surface area contributed by atoms with Crippen LogP contribution in [0.15, 0.2) is 65.6 Å². The van der Waals surface area contributed by atoms with E-state index in [9.17, 15) is 4.79 Å². The number of aromatic nitrogens is 2. The minimum atomic E-state index is -0.248. The highest BCUT2D eigenvalue weighted by Crippen LogP contribution is 2.12. The number of hydrogen-bond donors (Lipinski definition) is 1. The lowest BCUT2D eigenvalue weighted by Gasteiger charge is -2.13. The molecule has 0 bridgehead atoms. The van der Waals surface area contributed by atoms with Crippen molar-refractivity contribution in [3.8, 4) is 0 Å². The molecule has 0 radical (unpaired) electrons. The van der Waals surface area contributed by atoms with Crippen molar-refractivity contribution in [3.05, 3.63) is 76.7 Å². The van der Waals surface area contributed by atoms with Gasteiger partial charge in [-0.1, -0.05) is 48.5 Å². The van der Waals surface area contributed by atoms with Crippen molar-refractivity contribution < 1.29 is 0 Å². The Kier molecular flexibility index (Phi) is 3.31. The second-order valence-electron chi connectivity index (χ2n) is 4.74. The third-order valence-corrected chi connectivity index (χ3v) is 3.36. The van der Waals surface area contributed by atoms with Gasteiger partial charge in [0, 0.05) is 11.4 Å². The van der Waals surface area contributed by atoms with Gasteiger partial charge in [-0.15, -0.1) is 0 Å². The van der Waals surface area contributed by atoms with Crippen LogP contribution in [0.5, 0.6) is 0 Å². The number of rotatable bonds is 3. The first-order valence-corrected chi connectivity index (χ1v) is 6.51. The number of fused-ring (bicyclic) bond motifs is 1. The molecule has 3 rings (SSSR count). The molecule has 2 aromatic carbocycles. The smallest absolute Gasteiger partial charge is 0.274 e. The van der Waals surface area contributed by atoms with Crippen molar-refractivity contribution in [2.45, 2.75) is 12.6 Å². The maximum Gasteiger partial charge on any atom is 0.274 e. The summed E-state index contributed by atoms with van der Waals surface area (Å²) in [6.07, 6.45) is 1.70. The number of benzene rings is 2. The molecule has 0 aliphatic heterocycles. The lowest BCUT2D eigenvalue weighted by atomic mass is 10.1. The maximum absolute atomic E-state index is 12.3. The predicted molar refractivity (Wildman–Crippen MR) is 79.4 cm³/mol. The summed E-state index contributed by atoms with van der Waals surface area (Å²) in [5.41, 5.74) is 7.03. The van der Waals surface area contributed by atoms with E-state index in [4.69, 9.17) is 5.73 Å². The average molecular weight is 265 g/mol. The molecular formula is C16H15N3O. The highest BCUT2D eigenvalue weighted by atomic mass is 16.1. The molecule has 0 spiro atoms. The van der Waals surface area contributed by atoms with Crippen molar-refractivity contribution in [2.24, 2.45) is 5.73 Å². The van der Waals surface area contributed by atoms with Crippen LogP contribution < -0.4 is 11.3 Å². The van der Waals surface area contributed by atoms with Crippen LogP contribution >= 0.6 is 0 Å². The molecule has 2 N–H and O–H groups in total. The van der Waals surface area contributed by atoms with Gasteiger partial charge in [0.2, 0.25) is 0 Å². The third kappa shape index (κ3) is 2.33. The topological polar surface area (TPSA) is 60.9 Å². The summed E-state index contributed by atoms with van der Waals surface area (Å²) in [7, 11) is 0. The van der Waals surface area contributed by atoms with Crippen molar-refractivity contribution in [1.29, 1.82) is 0 Å². The van der Waals surface area contributed by atoms with Gasteiger partial charge in [0.1, 0.15) is 0 Å². The van der Waals surface area contributed by atoms with E-state index in [1.54, 1.807) is 6.20 Å². The molecule has 4 nitrogen and oxygen atoms in total. The van der Waals surface area contributed by atoms with E-state index in [0.717, 1.165) is 10.9 Å². The maximum atomic E-state index is 12.3. The zero-order valence-electron chi connectivity index (χ0n) is 10.9. The Bertz CT molecular complexity index is 780. The Hall–Kier alpha value is -2.46. The van der Waals surface area contributed by atoms with Crippen LogP contribution in [0.1, 0.15) is 11.6 Å². The molecule has 0 aliphatic carbocycles. The Balaban J connectivity index is 1.96. The summed E-state index contributed by atoms with van der Waals surface area (Å²) >= 11 is 0. The first kappa shape index (κ1) is 12.6. The molecule has 0 fully saturated rings. The van der Waals surface area contributed by atoms with Gasteiger partial charge < -0.3 is 5.73 Å². The fraction of sp³-hybridized carbons (Fsp3) is 0.125. The Morgan fingerprint density at radius 2 is 1.75 bits per heavy atom. The summed E-state index contributed by atoms with van der Waals surface area (Å²) in [6.45, 7) is 0.369. The summed E-state index contributed by atoms with van der Waals surface area (Å²) < 4.78 is 1.43. The lowest BCUT2D eigenvalue weighted by Crippen LogP contribution is -2.28. The predicted octanol–water partition coefficient (Wildman–Crippen LogP) is 2.10. The molecule has 0 saturated carbocycles. The lowest BCUT2D eigenvalue weighted by molar-refractivity contribution is 0.508. The van der Waals surface area contributed by atoms with Gasteiger partial charge in [-0.05, 0) is 11.6 Å². The molecule has 1 heterocycles. The van der Waals surface area contributed by atoms with Crippen molar-refractivity contribution >= 4 is 10.8 Å². The van der Waals surface area contributed by atoms with Crippen molar-refractivity contribution in [1.82, 2.24) is 9.78 Å². The largest absolute Gasteiger partial charge is 0.322 e. The standard InChI is InChI=1S/C16H15N3O/c17-15(12-6-2-1-3-7-12)11-19-16(20)14-9-5-4-8-13(14)10-18-19/h1-10,15H,11,17H2. The molecule has 0 aliphatic rings. The Morgan fingerprint density at radius 3 is 2.55 bits per heavy atom. The highest BCUT2D eigenvalue weighted by molar-refractivity contribution is 5.80. The fourth-order valence-corrected chi connectivity index (χ4v) is 2.25. The van der Waals surface area contributed by atoms with Crippen molar-refractivity contribution in [3.63, 3.8) is 0 Å². The van der Waals surface area contributed by atoms with Crippen molar-refractivity contribution in [2.75, 3.05) is 0 Å². The zero-order chi connectivity index (χ0) is 13.9. The van der Waals surface area contributed by atoms with Gasteiger partial charge in [-0.3, -0.25) is 4.79 Å². The van der Waals surface area contributed by atoms with E-state index in [1.165, 1.54) is 4.68 Å². The Morgan fingerprint density at radius 1 is 1.05 bits per heavy atom. The molecule has 0 saturated heterocycles. The SMILES string of the molecule is NC(Cn1ncc2ccccc2c1=O)c1ccccc1. The van der Waals surface area contributed by atoms with Crippen LogP contribution in [0.3, 0.4) is 0 Å². The normalized spacial score (nSPS) is 12.4. The van der Waals surface area contributed by atoms with E-state index in [-0.39, 0.29) is 11.6 Å². The highest BCUT2D eigenvalue weighted by Gasteiger charge is 2.09. The van der Waals surface area contributed by atoms with Gasteiger partial charge >= 0.3 is 0 Å². The van der Waals surface area contributed by atoms with Crippen LogP contribution in [-0.4, -0.2) is 9.78 Å². The molecule has 0 amide bonds. The molecule has 1 unspecified atom stereocenters. The molecule has 3 aromatic rings. The summed E-state index contributed by atoms with van der Waals surface area (Å²) in [5, 5.41) is 5.71. The van der Waals surface area contributed by atoms with Gasteiger partial charge in [0.25, 0.3) is 5.56 Å². The second-order valence-corrected chi connectivity index (χ2v) is 4.74. The van der Waals surface area contributed by atoms with E-state index < -0.39 is 0 Å². The van der Waals surface area contributed by atoms with E-state index in [1.807, 2.05) is 54.6 Å². The zero-order valence-corrected chi connectivity index (χ0v) is 10.9. The van der Waals surface area contributed by atoms with Gasteiger partial charge in [-0.2, -0.15) is 5.10 Å². The van der Waals surface area contributed by atoms with E-state index in [0.29, 0.717) is 11.9 Å². The van der Waals surface area contributed by atoms with Gasteiger partial charge in [0.05, 0.1) is 18.1 Å². The number of hydrogen-bond acceptors (Lipinski definition) is 3. The number of nitrogens with zero attached hydrogens (tertiary/aromatic N) is 2. The molecule has 1 atom stereocenters.